The van der Waals surface area contributed by atoms with Gasteiger partial charge in [-0.1, -0.05) is 93.9 Å². The lowest BCUT2D eigenvalue weighted by atomic mass is 9.69. The maximum Gasteiger partial charge on any atom is 0.0846 e. The zero-order valence-electron chi connectivity index (χ0n) is 42.4. The summed E-state index contributed by atoms with van der Waals surface area (Å²) in [5, 5.41) is 42.5. The molecule has 1 aliphatic heterocycles. The molecule has 1 fully saturated rings. The van der Waals surface area contributed by atoms with Crippen LogP contribution >= 0.6 is 15.9 Å². The van der Waals surface area contributed by atoms with Gasteiger partial charge in [0.15, 0.2) is 0 Å². The van der Waals surface area contributed by atoms with Crippen molar-refractivity contribution in [1.82, 2.24) is 44.0 Å². The Hall–Kier alpha value is -5.39. The zero-order chi connectivity index (χ0) is 49.1. The number of nitrogens with zero attached hydrogens (tertiary/aromatic N) is 10. The molecule has 0 saturated carbocycles. The number of hydrogen-bond acceptors (Lipinski definition) is 8. The third-order valence-corrected chi connectivity index (χ3v) is 13.8. The van der Waals surface area contributed by atoms with Crippen LogP contribution in [0.1, 0.15) is 93.9 Å². The molecule has 9 rings (SSSR count). The van der Waals surface area contributed by atoms with Gasteiger partial charge in [0, 0.05) is 67.4 Å². The second-order valence-corrected chi connectivity index (χ2v) is 19.2. The molecular formula is C55H73BrN10O2. The lowest BCUT2D eigenvalue weighted by Gasteiger charge is -2.32. The van der Waals surface area contributed by atoms with Gasteiger partial charge in [0.05, 0.1) is 69.5 Å². The SMILES string of the molecule is C1CO1.CCc1nn(C)c2cc(Br)ccc12.CCc1nn(C)c2cc(CCN(C)CCCC(C#N)(c3ccc4c(CC)nn(C)c4c3)C(C)C)ccc12.CCc1nn(C)c2cc(CCO)ccc12. The predicted octanol–water partition coefficient (Wildman–Crippen LogP) is 10.5. The standard InChI is InChI=1S/C31H42N6.C12H16N2O.C10H11BrN2.C2H4O/c1-8-27-25-13-11-23(19-29(25)36(6)33-27)15-18-35(5)17-10-16-31(21-32,22(3)4)24-12-14-26-28(9-2)34-37(7)30(26)20-24;1-3-11-10-5-4-9(6-7-15)8-12(10)14(2)13-11;1-3-9-8-5-4-7(11)6-10(8)13(2)12-9;1-2-3-1/h11-14,19-20,22H,8-10,15-18H2,1-7H3;4-5,8,15H,3,6-7H2,1-2H3;4-6H,3H2,1-2H3;1-2H2. The largest absolute Gasteiger partial charge is 0.396 e. The maximum atomic E-state index is 10.4. The van der Waals surface area contributed by atoms with E-state index in [0.717, 1.165) is 109 Å². The molecule has 362 valence electrons. The van der Waals surface area contributed by atoms with Gasteiger partial charge < -0.3 is 14.7 Å². The Labute approximate surface area is 412 Å². The summed E-state index contributed by atoms with van der Waals surface area (Å²) in [5.41, 5.74) is 12.4. The highest BCUT2D eigenvalue weighted by Crippen LogP contribution is 2.38. The van der Waals surface area contributed by atoms with Crippen molar-refractivity contribution in [2.24, 2.45) is 34.1 Å². The number of likely N-dealkylation sites (N-methyl/N-ethyl adjacent to an activating group) is 1. The van der Waals surface area contributed by atoms with Crippen LogP contribution in [0, 0.1) is 17.2 Å². The maximum absolute atomic E-state index is 10.4. The average molecular weight is 986 g/mol. The highest BCUT2D eigenvalue weighted by Gasteiger charge is 2.36. The van der Waals surface area contributed by atoms with E-state index < -0.39 is 5.41 Å². The highest BCUT2D eigenvalue weighted by molar-refractivity contribution is 9.10. The van der Waals surface area contributed by atoms with E-state index in [9.17, 15) is 5.26 Å². The molecular weight excluding hydrogens is 913 g/mol. The molecule has 0 radical (unpaired) electrons. The van der Waals surface area contributed by atoms with Crippen molar-refractivity contribution >= 4 is 59.5 Å². The van der Waals surface area contributed by atoms with Crippen molar-refractivity contribution in [3.05, 3.63) is 117 Å². The van der Waals surface area contributed by atoms with Crippen LogP contribution in [-0.2, 0) is 76.9 Å². The van der Waals surface area contributed by atoms with E-state index in [2.05, 4.69) is 173 Å². The molecule has 12 nitrogen and oxygen atoms in total. The molecule has 0 bridgehead atoms. The monoisotopic (exact) mass is 985 g/mol. The second kappa shape index (κ2) is 23.8. The van der Waals surface area contributed by atoms with E-state index >= 15 is 0 Å². The first-order valence-corrected chi connectivity index (χ1v) is 25.3. The van der Waals surface area contributed by atoms with Gasteiger partial charge in [-0.05, 0) is 124 Å². The molecule has 68 heavy (non-hydrogen) atoms. The quantitative estimate of drug-likeness (QED) is 0.101. The van der Waals surface area contributed by atoms with Gasteiger partial charge in [-0.15, -0.1) is 0 Å². The Bertz CT molecular complexity index is 2970. The van der Waals surface area contributed by atoms with Crippen LogP contribution < -0.4 is 0 Å². The summed E-state index contributed by atoms with van der Waals surface area (Å²) in [6.07, 6.45) is 7.34. The summed E-state index contributed by atoms with van der Waals surface area (Å²) in [7, 11) is 10.2. The number of hydrogen-bond donors (Lipinski definition) is 1. The number of aryl methyl sites for hydroxylation is 8. The number of benzene rings is 4. The molecule has 0 aliphatic carbocycles. The van der Waals surface area contributed by atoms with Crippen molar-refractivity contribution in [3.63, 3.8) is 0 Å². The summed E-state index contributed by atoms with van der Waals surface area (Å²) in [6, 6.07) is 28.6. The van der Waals surface area contributed by atoms with Crippen LogP contribution in [0.5, 0.6) is 0 Å². The van der Waals surface area contributed by atoms with Gasteiger partial charge in [0.2, 0.25) is 0 Å². The third kappa shape index (κ3) is 12.1. The van der Waals surface area contributed by atoms with Crippen molar-refractivity contribution in [2.75, 3.05) is 40.0 Å². The molecule has 5 heterocycles. The van der Waals surface area contributed by atoms with Gasteiger partial charge in [0.1, 0.15) is 0 Å². The Balaban J connectivity index is 0.000000197. The smallest absolute Gasteiger partial charge is 0.0846 e. The molecule has 1 atom stereocenters. The van der Waals surface area contributed by atoms with Gasteiger partial charge in [-0.25, -0.2) is 0 Å². The third-order valence-electron chi connectivity index (χ3n) is 13.3. The number of aromatic nitrogens is 8. The van der Waals surface area contributed by atoms with Crippen molar-refractivity contribution in [2.45, 2.75) is 98.3 Å². The van der Waals surface area contributed by atoms with Crippen LogP contribution in [0.25, 0.3) is 43.6 Å². The molecule has 1 saturated heterocycles. The molecule has 0 amide bonds. The number of aliphatic hydroxyl groups is 1. The lowest BCUT2D eigenvalue weighted by Crippen LogP contribution is -2.32. The molecule has 0 spiro atoms. The minimum Gasteiger partial charge on any atom is -0.396 e. The van der Waals surface area contributed by atoms with E-state index in [1.807, 2.05) is 46.9 Å². The van der Waals surface area contributed by atoms with Crippen molar-refractivity contribution in [1.29, 1.82) is 5.26 Å². The summed E-state index contributed by atoms with van der Waals surface area (Å²) in [5.74, 6) is 0.220. The van der Waals surface area contributed by atoms with Crippen LogP contribution in [0.15, 0.2) is 77.3 Å². The van der Waals surface area contributed by atoms with Gasteiger partial charge >= 0.3 is 0 Å². The summed E-state index contributed by atoms with van der Waals surface area (Å²) < 4.78 is 13.4. The molecule has 13 heteroatoms. The fourth-order valence-electron chi connectivity index (χ4n) is 9.23. The summed E-state index contributed by atoms with van der Waals surface area (Å²) >= 11 is 3.46. The molecule has 4 aromatic heterocycles. The van der Waals surface area contributed by atoms with E-state index in [-0.39, 0.29) is 12.5 Å². The van der Waals surface area contributed by atoms with Gasteiger partial charge in [-0.3, -0.25) is 18.7 Å². The number of aliphatic hydroxyl groups excluding tert-OH is 1. The molecule has 1 aliphatic rings. The minimum atomic E-state index is -0.507. The van der Waals surface area contributed by atoms with E-state index in [1.165, 1.54) is 49.5 Å². The first kappa shape index (κ1) is 52.0. The van der Waals surface area contributed by atoms with Crippen LogP contribution in [0.2, 0.25) is 0 Å². The van der Waals surface area contributed by atoms with Crippen LogP contribution in [-0.4, -0.2) is 89.1 Å². The predicted molar refractivity (Wildman–Crippen MR) is 282 cm³/mol. The number of ether oxygens (including phenoxy) is 1. The second-order valence-electron chi connectivity index (χ2n) is 18.3. The number of fused-ring (bicyclic) bond motifs is 4. The normalized spacial score (nSPS) is 13.0. The van der Waals surface area contributed by atoms with Gasteiger partial charge in [0.25, 0.3) is 0 Å². The van der Waals surface area contributed by atoms with E-state index in [0.29, 0.717) is 6.42 Å². The summed E-state index contributed by atoms with van der Waals surface area (Å²) in [4.78, 5) is 2.39. The van der Waals surface area contributed by atoms with Crippen LogP contribution in [0.3, 0.4) is 0 Å². The molecule has 1 N–H and O–H groups in total. The lowest BCUT2D eigenvalue weighted by molar-refractivity contribution is 0.294. The number of epoxide rings is 1. The Morgan fingerprint density at radius 2 is 1.06 bits per heavy atom. The van der Waals surface area contributed by atoms with E-state index in [1.54, 1.807) is 0 Å². The highest BCUT2D eigenvalue weighted by atomic mass is 79.9. The fourth-order valence-corrected chi connectivity index (χ4v) is 9.58. The van der Waals surface area contributed by atoms with Crippen molar-refractivity contribution < 1.29 is 9.84 Å². The topological polar surface area (TPSA) is 131 Å². The average Bonchev–Trinajstić information content (AvgIpc) is 4.00. The Kier molecular flexibility index (Phi) is 18.2. The fraction of sp³-hybridized carbons (Fsp3) is 0.473. The first-order chi connectivity index (χ1) is 32.7. The minimum absolute atomic E-state index is 0.198. The molecule has 4 aromatic carbocycles. The van der Waals surface area contributed by atoms with Gasteiger partial charge in [-0.2, -0.15) is 25.7 Å². The van der Waals surface area contributed by atoms with Crippen molar-refractivity contribution in [3.8, 4) is 6.07 Å². The number of nitriles is 1. The Morgan fingerprint density at radius 1 is 0.647 bits per heavy atom. The number of rotatable bonds is 15. The van der Waals surface area contributed by atoms with Crippen LogP contribution in [0.4, 0.5) is 0 Å². The number of halogens is 1. The Morgan fingerprint density at radius 3 is 1.47 bits per heavy atom. The zero-order valence-corrected chi connectivity index (χ0v) is 44.0. The molecule has 8 aromatic rings. The summed E-state index contributed by atoms with van der Waals surface area (Å²) in [6.45, 7) is 17.1. The van der Waals surface area contributed by atoms with E-state index in [4.69, 9.17) is 5.11 Å². The molecule has 1 unspecified atom stereocenters. The first-order valence-electron chi connectivity index (χ1n) is 24.5.